The van der Waals surface area contributed by atoms with Gasteiger partial charge in [-0.3, -0.25) is 56.2 Å². The van der Waals surface area contributed by atoms with Crippen molar-refractivity contribution in [3.05, 3.63) is 362 Å². The van der Waals surface area contributed by atoms with E-state index in [-0.39, 0.29) is 101 Å². The number of aromatic nitrogens is 12. The lowest BCUT2D eigenvalue weighted by Crippen LogP contribution is -2.24. The molecular weight excluding hydrogens is 1860 g/mol. The van der Waals surface area contributed by atoms with Crippen LogP contribution >= 0.6 is 58.6 Å². The minimum atomic E-state index is -0.862. The highest BCUT2D eigenvalue weighted by Gasteiger charge is 2.32. The maximum atomic E-state index is 13.7. The first kappa shape index (κ1) is 92.5. The molecule has 12 heterocycles. The Morgan fingerprint density at radius 3 is 0.853 bits per heavy atom. The molecule has 136 heavy (non-hydrogen) atoms. The molecule has 0 aliphatic rings. The molecule has 0 bridgehead atoms. The molecule has 0 aliphatic heterocycles. The third kappa shape index (κ3) is 17.7. The summed E-state index contributed by atoms with van der Waals surface area (Å²) in [6.45, 7) is 7.25. The van der Waals surface area contributed by atoms with Crippen LogP contribution in [0.5, 0.6) is 28.7 Å². The molecule has 0 fully saturated rings. The smallest absolute Gasteiger partial charge is 0.354 e. The quantitative estimate of drug-likeness (QED) is 0.0615. The largest absolute Gasteiger partial charge is 0.505 e. The number of ether oxygens (including phenoxy) is 1. The SMILES string of the molecule is COc1cccc(Sc2c(O)c3c(=O)n(Cc4ccc(F)cc4)c4c(c(C)nn4C)c3oc2=O)c1.Cc1nn(C)c2c1c1oc(=O)c(Sc3cccc(Cl)c3)c(O)c1c(=O)n2Cc1ccc(F)cc1.Cc1nn(C)c2c1c1oc(=O)c(Sc3cccc(F)c3)c(O)c1c(=O)n2Cc1ccc(F)cc1.Cc1nn(C)c2c1c1oc(=O)c(Sc3ccccc3)c(O)c1c(=O)n2Cc1ccc(F)cc1. The molecule has 12 aromatic heterocycles. The van der Waals surface area contributed by atoms with E-state index in [1.165, 1.54) is 111 Å². The third-order valence-corrected chi connectivity index (χ3v) is 26.5. The Balaban J connectivity index is 0.000000126. The van der Waals surface area contributed by atoms with Crippen LogP contribution in [0.2, 0.25) is 5.02 Å². The number of pyridine rings is 4. The standard InChI is InChI=1S/C25H20FN3O5S.C24H17ClFN3O4S.C24H17F2N3O4S.C24H18FN3O4S/c1-13-18-21-19(20(30)22(25(32)34-21)35-17-6-4-5-16(11-17)33-3)24(31)29(23(18)28(2)27-13)12-14-7-9-15(26)10-8-14;1-12-17-20-18(19(30)21(24(32)33-20)34-16-5-3-4-14(25)10-16)23(31)29(22(17)28(2)27-12)11-13-6-8-15(26)9-7-13;1-12-17-20-18(19(30)21(24(32)33-20)34-16-5-3-4-15(26)10-16)23(31)29(22(17)28(2)27-12)11-13-6-8-14(25)9-7-13;1-13-17-20-18(19(29)21(24(31)32-20)33-16-6-4-3-5-7-16)23(30)28(22(17)27(2)26-13)12-14-8-10-15(25)11-9-14/h4-11,30H,12H2,1-3H3;2*3-10,30H,11H2,1-2H3;3-11,29H,12H2,1-2H3. The summed E-state index contributed by atoms with van der Waals surface area (Å²) in [6.07, 6.45) is 0. The maximum absolute atomic E-state index is 13.7. The first-order chi connectivity index (χ1) is 65.1. The van der Waals surface area contributed by atoms with E-state index < -0.39 is 85.2 Å². The van der Waals surface area contributed by atoms with Crippen LogP contribution in [0.15, 0.2) is 295 Å². The number of rotatable bonds is 17. The van der Waals surface area contributed by atoms with Gasteiger partial charge in [0.1, 0.15) is 98.6 Å². The average molecular weight is 1940 g/mol. The Bertz CT molecular complexity index is 8550. The van der Waals surface area contributed by atoms with Crippen LogP contribution in [-0.4, -0.2) is 84.9 Å². The minimum absolute atomic E-state index is 0.00383. The summed E-state index contributed by atoms with van der Waals surface area (Å²) in [7, 11) is 8.19. The molecule has 0 saturated carbocycles. The van der Waals surface area contributed by atoms with Crippen molar-refractivity contribution in [3.8, 4) is 28.7 Å². The van der Waals surface area contributed by atoms with E-state index in [9.17, 15) is 80.7 Å². The van der Waals surface area contributed by atoms with Crippen molar-refractivity contribution >= 4 is 147 Å². The second-order valence-corrected chi connectivity index (χ2v) is 35.9. The molecule has 0 saturated heterocycles. The Morgan fingerprint density at radius 2 is 0.574 bits per heavy atom. The van der Waals surface area contributed by atoms with Crippen molar-refractivity contribution in [2.75, 3.05) is 7.11 Å². The highest BCUT2D eigenvalue weighted by molar-refractivity contribution is 8.00. The lowest BCUT2D eigenvalue weighted by molar-refractivity contribution is 0.413. The molecule has 4 N–H and O–H groups in total. The fourth-order valence-electron chi connectivity index (χ4n) is 16.1. The number of fused-ring (bicyclic) bond motifs is 12. The van der Waals surface area contributed by atoms with E-state index in [4.69, 9.17) is 34.0 Å². The number of halogens is 6. The van der Waals surface area contributed by atoms with Crippen molar-refractivity contribution in [3.63, 3.8) is 0 Å². The first-order valence-corrected chi connectivity index (χ1v) is 44.7. The third-order valence-electron chi connectivity index (χ3n) is 22.0. The van der Waals surface area contributed by atoms with Crippen LogP contribution in [0.1, 0.15) is 45.0 Å². The second kappa shape index (κ2) is 37.6. The Kier molecular flexibility index (Phi) is 25.6. The normalized spacial score (nSPS) is 11.5. The Labute approximate surface area is 783 Å². The van der Waals surface area contributed by atoms with Crippen molar-refractivity contribution < 1.29 is 64.8 Å². The van der Waals surface area contributed by atoms with E-state index in [0.29, 0.717) is 120 Å². The average Bonchev–Trinajstić information content (AvgIpc) is 1.54. The van der Waals surface area contributed by atoms with Crippen LogP contribution < -0.4 is 49.5 Å². The topological polar surface area (TPSA) is 370 Å². The molecular formula is C97H72ClF5N12O17S4. The molecule has 0 aliphatic carbocycles. The molecule has 8 aromatic carbocycles. The first-order valence-electron chi connectivity index (χ1n) is 41.0. The van der Waals surface area contributed by atoms with Crippen molar-refractivity contribution in [1.29, 1.82) is 0 Å². The van der Waals surface area contributed by atoms with Crippen molar-refractivity contribution in [2.45, 2.75) is 93.0 Å². The lowest BCUT2D eigenvalue weighted by Gasteiger charge is -2.13. The van der Waals surface area contributed by atoms with E-state index in [1.54, 1.807) is 183 Å². The second-order valence-electron chi connectivity index (χ2n) is 31.1. The Morgan fingerprint density at radius 1 is 0.316 bits per heavy atom. The van der Waals surface area contributed by atoms with Gasteiger partial charge in [-0.15, -0.1) is 0 Å². The van der Waals surface area contributed by atoms with Gasteiger partial charge in [0.2, 0.25) is 0 Å². The predicted molar refractivity (Wildman–Crippen MR) is 505 cm³/mol. The van der Waals surface area contributed by atoms with Gasteiger partial charge in [0.05, 0.1) is 77.6 Å². The number of aryl methyl sites for hydroxylation is 8. The van der Waals surface area contributed by atoms with Crippen LogP contribution in [0.3, 0.4) is 0 Å². The summed E-state index contributed by atoms with van der Waals surface area (Å²) >= 11 is 9.79. The molecule has 39 heteroatoms. The number of methoxy groups -OCH3 is 1. The van der Waals surface area contributed by atoms with Gasteiger partial charge >= 0.3 is 22.5 Å². The van der Waals surface area contributed by atoms with Crippen LogP contribution in [-0.2, 0) is 54.4 Å². The lowest BCUT2D eigenvalue weighted by atomic mass is 10.1. The summed E-state index contributed by atoms with van der Waals surface area (Å²) in [4.78, 5) is 108. The number of nitrogens with zero attached hydrogens (tertiary/aromatic N) is 12. The van der Waals surface area contributed by atoms with Crippen LogP contribution in [0, 0.1) is 56.8 Å². The molecule has 20 aromatic rings. The van der Waals surface area contributed by atoms with E-state index in [0.717, 1.165) is 47.0 Å². The number of aromatic hydroxyl groups is 4. The zero-order chi connectivity index (χ0) is 96.4. The highest BCUT2D eigenvalue weighted by Crippen LogP contribution is 2.44. The van der Waals surface area contributed by atoms with E-state index in [1.807, 2.05) is 6.07 Å². The van der Waals surface area contributed by atoms with E-state index in [2.05, 4.69) is 20.4 Å². The van der Waals surface area contributed by atoms with Crippen molar-refractivity contribution in [1.82, 2.24) is 57.4 Å². The Hall–Kier alpha value is -15.4. The van der Waals surface area contributed by atoms with Crippen LogP contribution in [0.25, 0.3) is 88.0 Å². The van der Waals surface area contributed by atoms with Gasteiger partial charge in [-0.1, -0.05) is 144 Å². The van der Waals surface area contributed by atoms with Gasteiger partial charge < -0.3 is 42.8 Å². The summed E-state index contributed by atoms with van der Waals surface area (Å²) in [5.41, 5.74) is 0.828. The van der Waals surface area contributed by atoms with E-state index >= 15 is 0 Å². The summed E-state index contributed by atoms with van der Waals surface area (Å²) in [6, 6.07) is 51.3. The molecule has 20 rings (SSSR count). The fraction of sp³-hybridized carbons (Fsp3) is 0.134. The van der Waals surface area contributed by atoms with Crippen molar-refractivity contribution in [2.24, 2.45) is 28.2 Å². The zero-order valence-corrected chi connectivity index (χ0v) is 76.8. The van der Waals surface area contributed by atoms with Gasteiger partial charge in [0, 0.05) is 52.8 Å². The molecule has 0 unspecified atom stereocenters. The monoisotopic (exact) mass is 1930 g/mol. The van der Waals surface area contributed by atoms with Gasteiger partial charge in [-0.25, -0.2) is 41.1 Å². The minimum Gasteiger partial charge on any atom is -0.505 e. The molecule has 0 radical (unpaired) electrons. The summed E-state index contributed by atoms with van der Waals surface area (Å²) in [5, 5.41) is 63.6. The predicted octanol–water partition coefficient (Wildman–Crippen LogP) is 17.6. The molecule has 0 amide bonds. The molecule has 29 nitrogen and oxygen atoms in total. The van der Waals surface area contributed by atoms with Gasteiger partial charge in [0.15, 0.2) is 45.3 Å². The van der Waals surface area contributed by atoms with Crippen LogP contribution in [0.4, 0.5) is 22.0 Å². The molecule has 0 spiro atoms. The van der Waals surface area contributed by atoms with Gasteiger partial charge in [-0.2, -0.15) is 20.4 Å². The molecule has 0 atom stereocenters. The fourth-order valence-corrected chi connectivity index (χ4v) is 19.8. The maximum Gasteiger partial charge on any atom is 0.354 e. The number of hydrogen-bond donors (Lipinski definition) is 4. The number of hydrogen-bond acceptors (Lipinski definition) is 25. The summed E-state index contributed by atoms with van der Waals surface area (Å²) < 4.78 is 107. The zero-order valence-electron chi connectivity index (χ0n) is 72.7. The molecule has 688 valence electrons. The number of benzene rings is 8. The van der Waals surface area contributed by atoms with Gasteiger partial charge in [0.25, 0.3) is 22.2 Å². The highest BCUT2D eigenvalue weighted by atomic mass is 35.5. The van der Waals surface area contributed by atoms with Gasteiger partial charge in [-0.05, 0) is 165 Å². The summed E-state index contributed by atoms with van der Waals surface area (Å²) in [5.74, 6) is -3.42.